The van der Waals surface area contributed by atoms with Crippen molar-refractivity contribution in [2.24, 2.45) is 5.41 Å². The molecule has 8 heteroatoms. The van der Waals surface area contributed by atoms with E-state index in [2.05, 4.69) is 0 Å². The number of carbonyl (C=O) groups is 3. The summed E-state index contributed by atoms with van der Waals surface area (Å²) in [4.78, 5) is 38.8. The summed E-state index contributed by atoms with van der Waals surface area (Å²) in [6.07, 6.45) is -0.349. The average molecular weight is 368 g/mol. The van der Waals surface area contributed by atoms with Crippen LogP contribution in [0.1, 0.15) is 53.9 Å². The minimum atomic E-state index is -1.12. The van der Waals surface area contributed by atoms with Gasteiger partial charge in [-0.2, -0.15) is 5.26 Å². The van der Waals surface area contributed by atoms with Gasteiger partial charge in [0.15, 0.2) is 0 Å². The maximum Gasteiger partial charge on any atom is 0.411 e. The number of carbonyl (C=O) groups excluding carboxylic acids is 3. The predicted molar refractivity (Wildman–Crippen MR) is 91.9 cm³/mol. The van der Waals surface area contributed by atoms with E-state index in [1.54, 1.807) is 34.6 Å². The summed E-state index contributed by atoms with van der Waals surface area (Å²) >= 11 is 0. The van der Waals surface area contributed by atoms with Gasteiger partial charge in [-0.3, -0.25) is 9.69 Å². The molecule has 1 rings (SSSR count). The van der Waals surface area contributed by atoms with Crippen LogP contribution in [-0.2, 0) is 23.8 Å². The van der Waals surface area contributed by atoms with Crippen molar-refractivity contribution in [3.63, 3.8) is 0 Å². The zero-order valence-electron chi connectivity index (χ0n) is 16.2. The van der Waals surface area contributed by atoms with Gasteiger partial charge in [0.1, 0.15) is 11.6 Å². The van der Waals surface area contributed by atoms with Gasteiger partial charge in [0.25, 0.3) is 0 Å². The number of amides is 1. The van der Waals surface area contributed by atoms with Crippen LogP contribution in [0.3, 0.4) is 0 Å². The Balaban J connectivity index is 3.19. The number of nitriles is 1. The molecule has 0 aliphatic carbocycles. The fourth-order valence-corrected chi connectivity index (χ4v) is 2.95. The van der Waals surface area contributed by atoms with Crippen LogP contribution >= 0.6 is 0 Å². The van der Waals surface area contributed by atoms with Crippen molar-refractivity contribution in [1.29, 1.82) is 5.26 Å². The van der Waals surface area contributed by atoms with Crippen molar-refractivity contribution < 1.29 is 28.6 Å². The summed E-state index contributed by atoms with van der Waals surface area (Å²) in [7, 11) is 0. The smallest absolute Gasteiger partial charge is 0.411 e. The molecule has 0 unspecified atom stereocenters. The molecule has 146 valence electrons. The van der Waals surface area contributed by atoms with Gasteiger partial charge >= 0.3 is 18.0 Å². The van der Waals surface area contributed by atoms with Crippen molar-refractivity contribution in [2.45, 2.75) is 65.5 Å². The average Bonchev–Trinajstić information content (AvgIpc) is 2.93. The van der Waals surface area contributed by atoms with Gasteiger partial charge in [0.2, 0.25) is 0 Å². The summed E-state index contributed by atoms with van der Waals surface area (Å²) < 4.78 is 15.6. The SMILES string of the molecule is CCOC(=O)[C@@H]1C[C@@](CCC#N)(C(=O)OCC)CN1C(=O)OC(C)(C)C. The molecule has 1 saturated heterocycles. The summed E-state index contributed by atoms with van der Waals surface area (Å²) in [6, 6.07) is 1.06. The molecular formula is C18H28N2O6. The zero-order chi connectivity index (χ0) is 20.0. The summed E-state index contributed by atoms with van der Waals surface area (Å²) in [6.45, 7) is 8.77. The number of nitrogens with zero attached hydrogens (tertiary/aromatic N) is 2. The van der Waals surface area contributed by atoms with Crippen LogP contribution in [0.4, 0.5) is 4.79 Å². The van der Waals surface area contributed by atoms with Crippen LogP contribution in [-0.4, -0.2) is 54.3 Å². The predicted octanol–water partition coefficient (Wildman–Crippen LogP) is 2.41. The van der Waals surface area contributed by atoms with E-state index >= 15 is 0 Å². The topological polar surface area (TPSA) is 106 Å². The largest absolute Gasteiger partial charge is 0.466 e. The summed E-state index contributed by atoms with van der Waals surface area (Å²) in [5, 5.41) is 8.94. The Kier molecular flexibility index (Phi) is 7.42. The number of hydrogen-bond donors (Lipinski definition) is 0. The molecule has 1 aliphatic heterocycles. The number of hydrogen-bond acceptors (Lipinski definition) is 7. The first-order chi connectivity index (χ1) is 12.1. The molecule has 0 bridgehead atoms. The van der Waals surface area contributed by atoms with Gasteiger partial charge in [-0.25, -0.2) is 9.59 Å². The molecule has 0 aromatic carbocycles. The van der Waals surface area contributed by atoms with E-state index in [0.717, 1.165) is 0 Å². The van der Waals surface area contributed by atoms with Crippen LogP contribution in [0, 0.1) is 16.7 Å². The van der Waals surface area contributed by atoms with Crippen molar-refractivity contribution in [1.82, 2.24) is 4.90 Å². The molecule has 26 heavy (non-hydrogen) atoms. The highest BCUT2D eigenvalue weighted by molar-refractivity contribution is 5.87. The summed E-state index contributed by atoms with van der Waals surface area (Å²) in [5.41, 5.74) is -1.88. The Morgan fingerprint density at radius 3 is 2.31 bits per heavy atom. The minimum Gasteiger partial charge on any atom is -0.466 e. The van der Waals surface area contributed by atoms with Gasteiger partial charge in [-0.1, -0.05) is 0 Å². The second-order valence-corrected chi connectivity index (χ2v) is 7.24. The fraction of sp³-hybridized carbons (Fsp3) is 0.778. The molecule has 8 nitrogen and oxygen atoms in total. The maximum atomic E-state index is 12.6. The maximum absolute atomic E-state index is 12.6. The highest BCUT2D eigenvalue weighted by atomic mass is 16.6. The third-order valence-corrected chi connectivity index (χ3v) is 4.04. The first kappa shape index (κ1) is 21.7. The lowest BCUT2D eigenvalue weighted by Crippen LogP contribution is -2.44. The lowest BCUT2D eigenvalue weighted by Gasteiger charge is -2.28. The molecule has 0 spiro atoms. The van der Waals surface area contributed by atoms with Crippen LogP contribution in [0.25, 0.3) is 0 Å². The number of esters is 2. The molecular weight excluding hydrogens is 340 g/mol. The van der Waals surface area contributed by atoms with E-state index in [1.807, 2.05) is 6.07 Å². The third-order valence-electron chi connectivity index (χ3n) is 4.04. The van der Waals surface area contributed by atoms with E-state index < -0.39 is 35.1 Å². The lowest BCUT2D eigenvalue weighted by atomic mass is 9.81. The second kappa shape index (κ2) is 8.88. The molecule has 0 radical (unpaired) electrons. The van der Waals surface area contributed by atoms with Gasteiger partial charge in [0.05, 0.1) is 24.7 Å². The van der Waals surface area contributed by atoms with Crippen molar-refractivity contribution in [3.8, 4) is 6.07 Å². The highest BCUT2D eigenvalue weighted by Crippen LogP contribution is 2.41. The van der Waals surface area contributed by atoms with E-state index in [-0.39, 0.29) is 39.0 Å². The van der Waals surface area contributed by atoms with E-state index in [9.17, 15) is 14.4 Å². The van der Waals surface area contributed by atoms with Gasteiger partial charge in [0, 0.05) is 13.0 Å². The van der Waals surface area contributed by atoms with E-state index in [0.29, 0.717) is 0 Å². The second-order valence-electron chi connectivity index (χ2n) is 7.24. The van der Waals surface area contributed by atoms with Crippen molar-refractivity contribution in [3.05, 3.63) is 0 Å². The first-order valence-corrected chi connectivity index (χ1v) is 8.80. The Labute approximate surface area is 154 Å². The van der Waals surface area contributed by atoms with Crippen molar-refractivity contribution >= 4 is 18.0 Å². The van der Waals surface area contributed by atoms with Crippen LogP contribution in [0.15, 0.2) is 0 Å². The van der Waals surface area contributed by atoms with Crippen LogP contribution in [0.5, 0.6) is 0 Å². The monoisotopic (exact) mass is 368 g/mol. The quantitative estimate of drug-likeness (QED) is 0.523. The molecule has 0 N–H and O–H groups in total. The fourth-order valence-electron chi connectivity index (χ4n) is 2.95. The Morgan fingerprint density at radius 2 is 1.81 bits per heavy atom. The third kappa shape index (κ3) is 5.35. The molecule has 1 fully saturated rings. The van der Waals surface area contributed by atoms with Gasteiger partial charge < -0.3 is 14.2 Å². The molecule has 0 aromatic heterocycles. The first-order valence-electron chi connectivity index (χ1n) is 8.80. The Morgan fingerprint density at radius 1 is 1.19 bits per heavy atom. The molecule has 0 aromatic rings. The van der Waals surface area contributed by atoms with Crippen LogP contribution in [0.2, 0.25) is 0 Å². The van der Waals surface area contributed by atoms with Crippen molar-refractivity contribution in [2.75, 3.05) is 19.8 Å². The molecule has 1 amide bonds. The highest BCUT2D eigenvalue weighted by Gasteiger charge is 2.55. The van der Waals surface area contributed by atoms with E-state index in [4.69, 9.17) is 19.5 Å². The number of rotatable bonds is 6. The Bertz CT molecular complexity index is 577. The molecule has 1 aliphatic rings. The molecule has 1 heterocycles. The Hall–Kier alpha value is -2.30. The molecule has 0 saturated carbocycles. The van der Waals surface area contributed by atoms with Gasteiger partial charge in [-0.05, 0) is 47.5 Å². The molecule has 2 atom stereocenters. The van der Waals surface area contributed by atoms with E-state index in [1.165, 1.54) is 4.90 Å². The normalized spacial score (nSPS) is 22.5. The van der Waals surface area contributed by atoms with Gasteiger partial charge in [-0.15, -0.1) is 0 Å². The zero-order valence-corrected chi connectivity index (χ0v) is 16.2. The number of likely N-dealkylation sites (tertiary alicyclic amines) is 1. The minimum absolute atomic E-state index is 0.0472. The number of ether oxygens (including phenoxy) is 3. The van der Waals surface area contributed by atoms with Crippen LogP contribution < -0.4 is 0 Å². The summed E-state index contributed by atoms with van der Waals surface area (Å²) in [5.74, 6) is -1.11. The standard InChI is InChI=1S/C18H28N2O6/c1-6-24-14(21)13-11-18(9-8-10-19,15(22)25-7-2)12-20(13)16(23)26-17(3,4)5/h13H,6-9,11-12H2,1-5H3/t13-,18+/m0/s1. The lowest BCUT2D eigenvalue weighted by molar-refractivity contribution is -0.155.